The summed E-state index contributed by atoms with van der Waals surface area (Å²) in [5.74, 6) is 1.32. The van der Waals surface area contributed by atoms with Gasteiger partial charge in [0.05, 0.1) is 0 Å². The number of rotatable bonds is 1. The second kappa shape index (κ2) is 6.15. The van der Waals surface area contributed by atoms with Gasteiger partial charge in [0.25, 0.3) is 0 Å². The highest BCUT2D eigenvalue weighted by Gasteiger charge is 2.36. The lowest BCUT2D eigenvalue weighted by Gasteiger charge is -2.26. The minimum Gasteiger partial charge on any atom is -0.0758 e. The Morgan fingerprint density at radius 1 is 0.957 bits per heavy atom. The Hall–Kier alpha value is -1.56. The summed E-state index contributed by atoms with van der Waals surface area (Å²) in [6.07, 6.45) is 14.4. The van der Waals surface area contributed by atoms with Crippen LogP contribution in [-0.2, 0) is 0 Å². The molecular formula is C23H28. The summed E-state index contributed by atoms with van der Waals surface area (Å²) in [7, 11) is 0. The molecule has 0 radical (unpaired) electrons. The largest absolute Gasteiger partial charge is 0.0758 e. The Morgan fingerprint density at radius 3 is 2.52 bits per heavy atom. The van der Waals surface area contributed by atoms with Gasteiger partial charge < -0.3 is 0 Å². The molecule has 3 aliphatic carbocycles. The SMILES string of the molecule is CC(C)=C1CCC(C2C=Cc3ccccc32)C1=C1CCCCC1. The van der Waals surface area contributed by atoms with Crippen molar-refractivity contribution in [2.75, 3.05) is 0 Å². The minimum absolute atomic E-state index is 0.604. The molecule has 0 heterocycles. The van der Waals surface area contributed by atoms with Gasteiger partial charge in [0.1, 0.15) is 0 Å². The van der Waals surface area contributed by atoms with Crippen molar-refractivity contribution in [2.24, 2.45) is 5.92 Å². The molecule has 0 bridgehead atoms. The van der Waals surface area contributed by atoms with Crippen molar-refractivity contribution in [2.45, 2.75) is 64.7 Å². The van der Waals surface area contributed by atoms with Gasteiger partial charge in [0, 0.05) is 5.92 Å². The summed E-state index contributed by atoms with van der Waals surface area (Å²) in [5, 5.41) is 0. The van der Waals surface area contributed by atoms with E-state index < -0.39 is 0 Å². The first-order chi connectivity index (χ1) is 11.3. The highest BCUT2D eigenvalue weighted by Crippen LogP contribution is 2.51. The van der Waals surface area contributed by atoms with Gasteiger partial charge in [-0.05, 0) is 80.6 Å². The Bertz CT molecular complexity index is 687. The van der Waals surface area contributed by atoms with Crippen LogP contribution in [0.3, 0.4) is 0 Å². The van der Waals surface area contributed by atoms with Crippen LogP contribution in [0.5, 0.6) is 0 Å². The van der Waals surface area contributed by atoms with Crippen LogP contribution in [0.4, 0.5) is 0 Å². The second-order valence-corrected chi connectivity index (χ2v) is 7.72. The molecule has 2 unspecified atom stereocenters. The van der Waals surface area contributed by atoms with Crippen LogP contribution in [0, 0.1) is 5.92 Å². The Morgan fingerprint density at radius 2 is 1.74 bits per heavy atom. The number of fused-ring (bicyclic) bond motifs is 1. The molecule has 0 spiro atoms. The third-order valence-corrected chi connectivity index (χ3v) is 6.11. The van der Waals surface area contributed by atoms with Gasteiger partial charge in [-0.15, -0.1) is 0 Å². The smallest absolute Gasteiger partial charge is 0.00961 e. The summed E-state index contributed by atoms with van der Waals surface area (Å²) in [6.45, 7) is 4.64. The van der Waals surface area contributed by atoms with E-state index in [9.17, 15) is 0 Å². The molecule has 0 aromatic heterocycles. The van der Waals surface area contributed by atoms with Crippen molar-refractivity contribution >= 4 is 6.08 Å². The molecule has 0 amide bonds. The molecule has 0 saturated heterocycles. The molecule has 2 saturated carbocycles. The van der Waals surface area contributed by atoms with E-state index in [2.05, 4.69) is 50.3 Å². The van der Waals surface area contributed by atoms with Crippen molar-refractivity contribution in [3.63, 3.8) is 0 Å². The van der Waals surface area contributed by atoms with Crippen LogP contribution >= 0.6 is 0 Å². The van der Waals surface area contributed by atoms with Crippen LogP contribution in [0.1, 0.15) is 75.8 Å². The Labute approximate surface area is 141 Å². The Kier molecular flexibility index (Phi) is 4.01. The summed E-state index contributed by atoms with van der Waals surface area (Å²) in [6, 6.07) is 9.00. The van der Waals surface area contributed by atoms with Gasteiger partial charge in [-0.25, -0.2) is 0 Å². The fraction of sp³-hybridized carbons (Fsp3) is 0.478. The third kappa shape index (κ3) is 2.63. The first-order valence-electron chi connectivity index (χ1n) is 9.41. The average Bonchev–Trinajstić information content (AvgIpc) is 3.19. The lowest BCUT2D eigenvalue weighted by molar-refractivity contribution is 0.540. The molecule has 2 atom stereocenters. The van der Waals surface area contributed by atoms with E-state index in [1.165, 1.54) is 50.5 Å². The predicted octanol–water partition coefficient (Wildman–Crippen LogP) is 6.80. The molecule has 23 heavy (non-hydrogen) atoms. The van der Waals surface area contributed by atoms with Crippen LogP contribution in [0.25, 0.3) is 6.08 Å². The highest BCUT2D eigenvalue weighted by molar-refractivity contribution is 5.64. The molecule has 0 aliphatic heterocycles. The molecule has 4 rings (SSSR count). The maximum absolute atomic E-state index is 2.48. The van der Waals surface area contributed by atoms with E-state index in [4.69, 9.17) is 0 Å². The molecule has 1 aromatic carbocycles. The number of hydrogen-bond acceptors (Lipinski definition) is 0. The van der Waals surface area contributed by atoms with E-state index in [1.54, 1.807) is 27.9 Å². The number of hydrogen-bond donors (Lipinski definition) is 0. The molecular weight excluding hydrogens is 276 g/mol. The van der Waals surface area contributed by atoms with Crippen LogP contribution in [-0.4, -0.2) is 0 Å². The monoisotopic (exact) mass is 304 g/mol. The number of benzene rings is 1. The topological polar surface area (TPSA) is 0 Å². The van der Waals surface area contributed by atoms with Gasteiger partial charge in [0.15, 0.2) is 0 Å². The molecule has 0 nitrogen and oxygen atoms in total. The van der Waals surface area contributed by atoms with Gasteiger partial charge >= 0.3 is 0 Å². The first kappa shape index (κ1) is 15.0. The van der Waals surface area contributed by atoms with Crippen LogP contribution < -0.4 is 0 Å². The van der Waals surface area contributed by atoms with E-state index in [0.717, 1.165) is 0 Å². The van der Waals surface area contributed by atoms with E-state index in [-0.39, 0.29) is 0 Å². The van der Waals surface area contributed by atoms with Gasteiger partial charge in [-0.2, -0.15) is 0 Å². The van der Waals surface area contributed by atoms with Gasteiger partial charge in [-0.3, -0.25) is 0 Å². The molecule has 2 fully saturated rings. The zero-order valence-electron chi connectivity index (χ0n) is 14.6. The van der Waals surface area contributed by atoms with Crippen molar-refractivity contribution < 1.29 is 0 Å². The zero-order chi connectivity index (χ0) is 15.8. The van der Waals surface area contributed by atoms with E-state index >= 15 is 0 Å². The third-order valence-electron chi connectivity index (χ3n) is 6.11. The molecule has 0 heteroatoms. The quantitative estimate of drug-likeness (QED) is 0.535. The van der Waals surface area contributed by atoms with Crippen LogP contribution in [0.2, 0.25) is 0 Å². The molecule has 3 aliphatic rings. The standard InChI is InChI=1S/C23H28/c1-16(2)19-14-15-22(23(19)18-9-4-3-5-10-18)21-13-12-17-8-6-7-11-20(17)21/h6-8,11-13,21-22H,3-5,9-10,14-15H2,1-2H3. The molecule has 0 N–H and O–H groups in total. The van der Waals surface area contributed by atoms with Gasteiger partial charge in [0.2, 0.25) is 0 Å². The lowest BCUT2D eigenvalue weighted by Crippen LogP contribution is -2.12. The van der Waals surface area contributed by atoms with E-state index in [0.29, 0.717) is 11.8 Å². The normalized spacial score (nSPS) is 26.8. The maximum atomic E-state index is 2.48. The Balaban J connectivity index is 1.77. The first-order valence-corrected chi connectivity index (χ1v) is 9.41. The summed E-state index contributed by atoms with van der Waals surface area (Å²) >= 11 is 0. The maximum Gasteiger partial charge on any atom is 0.00961 e. The van der Waals surface area contributed by atoms with Crippen molar-refractivity contribution in [1.82, 2.24) is 0 Å². The fourth-order valence-electron chi connectivity index (χ4n) is 5.03. The zero-order valence-corrected chi connectivity index (χ0v) is 14.6. The molecule has 1 aromatic rings. The van der Waals surface area contributed by atoms with Crippen molar-refractivity contribution in [1.29, 1.82) is 0 Å². The predicted molar refractivity (Wildman–Crippen MR) is 99.4 cm³/mol. The summed E-state index contributed by atoms with van der Waals surface area (Å²) in [4.78, 5) is 0. The number of allylic oxidation sites excluding steroid dienone is 5. The second-order valence-electron chi connectivity index (χ2n) is 7.72. The summed E-state index contributed by atoms with van der Waals surface area (Å²) in [5.41, 5.74) is 9.82. The average molecular weight is 304 g/mol. The lowest BCUT2D eigenvalue weighted by atomic mass is 9.78. The fourth-order valence-corrected chi connectivity index (χ4v) is 5.03. The summed E-state index contributed by atoms with van der Waals surface area (Å²) < 4.78 is 0. The molecule has 120 valence electrons. The highest BCUT2D eigenvalue weighted by atomic mass is 14.4. The minimum atomic E-state index is 0.604. The van der Waals surface area contributed by atoms with Crippen LogP contribution in [0.15, 0.2) is 52.6 Å². The van der Waals surface area contributed by atoms with Gasteiger partial charge in [-0.1, -0.05) is 54.0 Å². The van der Waals surface area contributed by atoms with Crippen molar-refractivity contribution in [3.05, 3.63) is 63.8 Å². The van der Waals surface area contributed by atoms with E-state index in [1.807, 2.05) is 0 Å². The van der Waals surface area contributed by atoms with Crippen molar-refractivity contribution in [3.8, 4) is 0 Å².